The number of hydrogen-bond acceptors (Lipinski definition) is 2. The molecule has 1 nitrogen and oxygen atoms in total. The predicted molar refractivity (Wildman–Crippen MR) is 28.8 cm³/mol. The summed E-state index contributed by atoms with van der Waals surface area (Å²) >= 11 is 1.54. The molecular weight excluding hydrogens is 94.1 g/mol. The zero-order chi connectivity index (χ0) is 4.41. The van der Waals surface area contributed by atoms with Crippen molar-refractivity contribution in [3.8, 4) is 0 Å². The molecule has 0 N–H and O–H groups in total. The van der Waals surface area contributed by atoms with E-state index in [1.807, 2.05) is 12.7 Å². The van der Waals surface area contributed by atoms with Gasteiger partial charge in [0.05, 0.1) is 6.04 Å². The van der Waals surface area contributed by atoms with E-state index in [1.54, 1.807) is 11.8 Å². The lowest BCUT2D eigenvalue weighted by Gasteiger charge is -1.86. The lowest BCUT2D eigenvalue weighted by molar-refractivity contribution is 0.926. The van der Waals surface area contributed by atoms with E-state index in [0.29, 0.717) is 6.04 Å². The Bertz CT molecular complexity index is 69.9. The summed E-state index contributed by atoms with van der Waals surface area (Å²) in [6, 6.07) is 0.398. The van der Waals surface area contributed by atoms with Crippen molar-refractivity contribution >= 4 is 17.3 Å². The zero-order valence-corrected chi connectivity index (χ0v) is 4.33. The standard InChI is InChI=1S/C4H5NS/c1-4-2-6-3-5-4/h2,4H,1H3. The maximum Gasteiger partial charge on any atom is 0.123 e. The van der Waals surface area contributed by atoms with Crippen LogP contribution in [-0.2, 0) is 0 Å². The van der Waals surface area contributed by atoms with Gasteiger partial charge < -0.3 is 0 Å². The maximum absolute atomic E-state index is 3.89. The number of hydrogen-bond donors (Lipinski definition) is 0. The van der Waals surface area contributed by atoms with E-state index in [2.05, 4.69) is 10.5 Å². The molecule has 1 aliphatic rings. The Morgan fingerprint density at radius 3 is 3.00 bits per heavy atom. The van der Waals surface area contributed by atoms with Gasteiger partial charge in [-0.3, -0.25) is 4.99 Å². The molecule has 0 aliphatic carbocycles. The molecule has 0 aromatic rings. The summed E-state index contributed by atoms with van der Waals surface area (Å²) in [5.41, 5.74) is 2.76. The molecule has 0 spiro atoms. The molecule has 1 heterocycles. The number of thioether (sulfide) groups is 1. The first-order chi connectivity index (χ1) is 2.89. The first kappa shape index (κ1) is 4.19. The zero-order valence-electron chi connectivity index (χ0n) is 3.51. The molecule has 0 saturated carbocycles. The average Bonchev–Trinajstić information content (AvgIpc) is 1.86. The van der Waals surface area contributed by atoms with Crippen molar-refractivity contribution in [1.29, 1.82) is 0 Å². The first-order valence-corrected chi connectivity index (χ1v) is 2.71. The summed E-state index contributed by atoms with van der Waals surface area (Å²) in [6.07, 6.45) is 0. The van der Waals surface area contributed by atoms with Gasteiger partial charge >= 0.3 is 0 Å². The number of aliphatic imine (C=N–C) groups is 1. The Morgan fingerprint density at radius 2 is 2.83 bits per heavy atom. The fourth-order valence-electron chi connectivity index (χ4n) is 0.273. The van der Waals surface area contributed by atoms with Crippen LogP contribution in [0.2, 0.25) is 0 Å². The van der Waals surface area contributed by atoms with Crippen molar-refractivity contribution in [2.75, 3.05) is 0 Å². The molecule has 1 atom stereocenters. The summed E-state index contributed by atoms with van der Waals surface area (Å²) in [5, 5.41) is 0. The highest BCUT2D eigenvalue weighted by atomic mass is 32.2. The smallest absolute Gasteiger partial charge is 0.123 e. The van der Waals surface area contributed by atoms with Crippen LogP contribution in [0.4, 0.5) is 0 Å². The molecule has 2 heteroatoms. The highest BCUT2D eigenvalue weighted by Gasteiger charge is 2.02. The van der Waals surface area contributed by atoms with Gasteiger partial charge in [-0.25, -0.2) is 0 Å². The van der Waals surface area contributed by atoms with Gasteiger partial charge in [0.15, 0.2) is 0 Å². The second-order valence-electron chi connectivity index (χ2n) is 1.21. The normalized spacial score (nSPS) is 31.8. The molecule has 0 aromatic heterocycles. The summed E-state index contributed by atoms with van der Waals surface area (Å²) in [5.74, 6) is 2.04. The van der Waals surface area contributed by atoms with Gasteiger partial charge in [0.25, 0.3) is 0 Å². The molecule has 6 heavy (non-hydrogen) atoms. The second kappa shape index (κ2) is 1.65. The minimum Gasteiger partial charge on any atom is -0.271 e. The lowest BCUT2D eigenvalue weighted by Crippen LogP contribution is -1.85. The maximum atomic E-state index is 3.89. The van der Waals surface area contributed by atoms with Gasteiger partial charge in [-0.1, -0.05) is 11.8 Å². The van der Waals surface area contributed by atoms with Crippen LogP contribution >= 0.6 is 11.8 Å². The summed E-state index contributed by atoms with van der Waals surface area (Å²) < 4.78 is 0. The fraction of sp³-hybridized carbons (Fsp3) is 0.500. The molecule has 0 saturated heterocycles. The van der Waals surface area contributed by atoms with Crippen LogP contribution in [0.25, 0.3) is 0 Å². The third-order valence-corrected chi connectivity index (χ3v) is 1.31. The van der Waals surface area contributed by atoms with Gasteiger partial charge in [0, 0.05) is 5.75 Å². The van der Waals surface area contributed by atoms with Crippen molar-refractivity contribution in [1.82, 2.24) is 0 Å². The predicted octanol–water partition coefficient (Wildman–Crippen LogP) is 1.19. The third-order valence-electron chi connectivity index (χ3n) is 0.574. The van der Waals surface area contributed by atoms with Crippen molar-refractivity contribution in [3.05, 3.63) is 5.75 Å². The SMILES string of the molecule is CC1[CH]S[C]=N1. The quantitative estimate of drug-likeness (QED) is 0.444. The summed E-state index contributed by atoms with van der Waals surface area (Å²) in [6.45, 7) is 2.03. The van der Waals surface area contributed by atoms with Gasteiger partial charge in [0.2, 0.25) is 0 Å². The number of rotatable bonds is 0. The van der Waals surface area contributed by atoms with Crippen LogP contribution < -0.4 is 0 Å². The Labute approximate surface area is 41.8 Å². The number of nitrogens with zero attached hydrogens (tertiary/aromatic N) is 1. The molecule has 1 rings (SSSR count). The summed E-state index contributed by atoms with van der Waals surface area (Å²) in [4.78, 5) is 3.89. The minimum absolute atomic E-state index is 0.398. The van der Waals surface area contributed by atoms with Gasteiger partial charge in [-0.05, 0) is 6.92 Å². The molecule has 2 radical (unpaired) electrons. The van der Waals surface area contributed by atoms with Gasteiger partial charge in [-0.2, -0.15) is 0 Å². The Kier molecular flexibility index (Phi) is 1.15. The van der Waals surface area contributed by atoms with E-state index in [1.165, 1.54) is 0 Å². The Morgan fingerprint density at radius 1 is 2.00 bits per heavy atom. The van der Waals surface area contributed by atoms with Crippen molar-refractivity contribution in [2.45, 2.75) is 13.0 Å². The first-order valence-electron chi connectivity index (χ1n) is 1.83. The second-order valence-corrected chi connectivity index (χ2v) is 1.91. The highest BCUT2D eigenvalue weighted by Crippen LogP contribution is 2.14. The van der Waals surface area contributed by atoms with Crippen molar-refractivity contribution in [2.24, 2.45) is 4.99 Å². The molecule has 0 fully saturated rings. The van der Waals surface area contributed by atoms with E-state index in [0.717, 1.165) is 0 Å². The monoisotopic (exact) mass is 99.0 g/mol. The fourth-order valence-corrected chi connectivity index (χ4v) is 0.819. The van der Waals surface area contributed by atoms with E-state index in [-0.39, 0.29) is 0 Å². The molecule has 32 valence electrons. The molecule has 0 aromatic carbocycles. The van der Waals surface area contributed by atoms with E-state index in [4.69, 9.17) is 0 Å². The van der Waals surface area contributed by atoms with Gasteiger partial charge in [0.1, 0.15) is 5.55 Å². The van der Waals surface area contributed by atoms with Crippen LogP contribution in [0.3, 0.4) is 0 Å². The average molecular weight is 99.2 g/mol. The molecular formula is C4H5NS. The largest absolute Gasteiger partial charge is 0.271 e. The van der Waals surface area contributed by atoms with E-state index in [9.17, 15) is 0 Å². The molecule has 1 aliphatic heterocycles. The van der Waals surface area contributed by atoms with Crippen LogP contribution in [-0.4, -0.2) is 11.6 Å². The van der Waals surface area contributed by atoms with Crippen LogP contribution in [0.1, 0.15) is 6.92 Å². The lowest BCUT2D eigenvalue weighted by atomic mass is 10.4. The van der Waals surface area contributed by atoms with E-state index < -0.39 is 0 Å². The Hall–Kier alpha value is 0.0200. The molecule has 0 amide bonds. The van der Waals surface area contributed by atoms with E-state index >= 15 is 0 Å². The van der Waals surface area contributed by atoms with Crippen molar-refractivity contribution in [3.63, 3.8) is 0 Å². The minimum atomic E-state index is 0.398. The molecule has 0 bridgehead atoms. The van der Waals surface area contributed by atoms with Crippen LogP contribution in [0.5, 0.6) is 0 Å². The third kappa shape index (κ3) is 0.744. The highest BCUT2D eigenvalue weighted by molar-refractivity contribution is 8.14. The van der Waals surface area contributed by atoms with Crippen LogP contribution in [0.15, 0.2) is 4.99 Å². The van der Waals surface area contributed by atoms with Gasteiger partial charge in [-0.15, -0.1) is 0 Å². The molecule has 1 unspecified atom stereocenters. The topological polar surface area (TPSA) is 12.4 Å². The Balaban J connectivity index is 2.38. The summed E-state index contributed by atoms with van der Waals surface area (Å²) in [7, 11) is 0. The van der Waals surface area contributed by atoms with Crippen LogP contribution in [0, 0.1) is 5.75 Å². The van der Waals surface area contributed by atoms with Crippen molar-refractivity contribution < 1.29 is 0 Å².